The summed E-state index contributed by atoms with van der Waals surface area (Å²) in [5, 5.41) is 3.53. The lowest BCUT2D eigenvalue weighted by Gasteiger charge is -2.24. The summed E-state index contributed by atoms with van der Waals surface area (Å²) < 4.78 is 5.46. The van der Waals surface area contributed by atoms with Crippen LogP contribution in [0.5, 0.6) is 0 Å². The standard InChI is InChI=1S/C13H20N2O/c1-11(13-6-2-3-7-14-13)15-9-12-5-4-8-16-10-12/h2-3,6-7,11-12,15H,4-5,8-10H2,1H3. The van der Waals surface area contributed by atoms with Gasteiger partial charge in [0.15, 0.2) is 0 Å². The molecule has 3 heteroatoms. The Morgan fingerprint density at radius 1 is 1.56 bits per heavy atom. The molecule has 16 heavy (non-hydrogen) atoms. The molecule has 1 fully saturated rings. The van der Waals surface area contributed by atoms with Crippen LogP contribution in [0.4, 0.5) is 0 Å². The van der Waals surface area contributed by atoms with Gasteiger partial charge >= 0.3 is 0 Å². The van der Waals surface area contributed by atoms with E-state index in [0.717, 1.165) is 25.5 Å². The second-order valence-electron chi connectivity index (χ2n) is 4.47. The van der Waals surface area contributed by atoms with Gasteiger partial charge in [-0.3, -0.25) is 4.98 Å². The highest BCUT2D eigenvalue weighted by Gasteiger charge is 2.15. The zero-order valence-corrected chi connectivity index (χ0v) is 9.86. The number of nitrogens with one attached hydrogen (secondary N) is 1. The molecule has 1 aromatic heterocycles. The third-order valence-corrected chi connectivity index (χ3v) is 3.10. The minimum absolute atomic E-state index is 0.322. The van der Waals surface area contributed by atoms with Gasteiger partial charge in [-0.05, 0) is 37.8 Å². The largest absolute Gasteiger partial charge is 0.381 e. The van der Waals surface area contributed by atoms with E-state index in [1.54, 1.807) is 0 Å². The Balaban J connectivity index is 1.77. The van der Waals surface area contributed by atoms with E-state index in [1.165, 1.54) is 12.8 Å². The molecule has 88 valence electrons. The van der Waals surface area contributed by atoms with E-state index in [9.17, 15) is 0 Å². The van der Waals surface area contributed by atoms with Crippen molar-refractivity contribution in [2.24, 2.45) is 5.92 Å². The van der Waals surface area contributed by atoms with Crippen LogP contribution in [0.15, 0.2) is 24.4 Å². The monoisotopic (exact) mass is 220 g/mol. The SMILES string of the molecule is CC(NCC1CCCOC1)c1ccccn1. The lowest BCUT2D eigenvalue weighted by Crippen LogP contribution is -2.31. The topological polar surface area (TPSA) is 34.1 Å². The fourth-order valence-corrected chi connectivity index (χ4v) is 2.05. The zero-order chi connectivity index (χ0) is 11.2. The number of hydrogen-bond acceptors (Lipinski definition) is 3. The molecular weight excluding hydrogens is 200 g/mol. The maximum absolute atomic E-state index is 5.46. The van der Waals surface area contributed by atoms with Crippen molar-refractivity contribution >= 4 is 0 Å². The van der Waals surface area contributed by atoms with Crippen LogP contribution in [0, 0.1) is 5.92 Å². The summed E-state index contributed by atoms with van der Waals surface area (Å²) in [7, 11) is 0. The van der Waals surface area contributed by atoms with E-state index in [0.29, 0.717) is 12.0 Å². The van der Waals surface area contributed by atoms with Gasteiger partial charge in [-0.25, -0.2) is 0 Å². The third kappa shape index (κ3) is 3.29. The first-order valence-corrected chi connectivity index (χ1v) is 6.08. The maximum Gasteiger partial charge on any atom is 0.0570 e. The highest BCUT2D eigenvalue weighted by molar-refractivity contribution is 5.07. The van der Waals surface area contributed by atoms with Crippen molar-refractivity contribution in [1.82, 2.24) is 10.3 Å². The van der Waals surface area contributed by atoms with Crippen LogP contribution < -0.4 is 5.32 Å². The summed E-state index contributed by atoms with van der Waals surface area (Å²) >= 11 is 0. The number of pyridine rings is 1. The Bertz CT molecular complexity index is 296. The van der Waals surface area contributed by atoms with Crippen molar-refractivity contribution in [2.75, 3.05) is 19.8 Å². The van der Waals surface area contributed by atoms with E-state index in [2.05, 4.69) is 23.3 Å². The van der Waals surface area contributed by atoms with Crippen molar-refractivity contribution in [2.45, 2.75) is 25.8 Å². The van der Waals surface area contributed by atoms with Crippen molar-refractivity contribution in [3.8, 4) is 0 Å². The van der Waals surface area contributed by atoms with Gasteiger partial charge in [-0.2, -0.15) is 0 Å². The zero-order valence-electron chi connectivity index (χ0n) is 9.86. The second-order valence-corrected chi connectivity index (χ2v) is 4.47. The van der Waals surface area contributed by atoms with Crippen LogP contribution in [-0.4, -0.2) is 24.7 Å². The van der Waals surface area contributed by atoms with Crippen molar-refractivity contribution in [3.63, 3.8) is 0 Å². The van der Waals surface area contributed by atoms with Crippen molar-refractivity contribution < 1.29 is 4.74 Å². The molecule has 0 aliphatic carbocycles. The summed E-state index contributed by atoms with van der Waals surface area (Å²) in [6.45, 7) is 5.03. The van der Waals surface area contributed by atoms with Gasteiger partial charge in [0.05, 0.1) is 12.3 Å². The normalized spacial score (nSPS) is 22.9. The predicted octanol–water partition coefficient (Wildman–Crippen LogP) is 2.16. The van der Waals surface area contributed by atoms with Crippen LogP contribution in [0.25, 0.3) is 0 Å². The number of hydrogen-bond donors (Lipinski definition) is 1. The smallest absolute Gasteiger partial charge is 0.0570 e. The van der Waals surface area contributed by atoms with E-state index in [-0.39, 0.29) is 0 Å². The molecular formula is C13H20N2O. The molecule has 1 N–H and O–H groups in total. The Morgan fingerprint density at radius 3 is 3.19 bits per heavy atom. The Kier molecular flexibility index (Phi) is 4.31. The minimum Gasteiger partial charge on any atom is -0.381 e. The van der Waals surface area contributed by atoms with Crippen LogP contribution in [0.1, 0.15) is 31.5 Å². The molecule has 1 aliphatic rings. The summed E-state index contributed by atoms with van der Waals surface area (Å²) in [5.74, 6) is 0.667. The number of ether oxygens (including phenoxy) is 1. The molecule has 1 aromatic rings. The number of rotatable bonds is 4. The molecule has 2 unspecified atom stereocenters. The Hall–Kier alpha value is -0.930. The van der Waals surface area contributed by atoms with Crippen molar-refractivity contribution in [1.29, 1.82) is 0 Å². The summed E-state index contributed by atoms with van der Waals surface area (Å²) in [6.07, 6.45) is 4.32. The van der Waals surface area contributed by atoms with Crippen molar-refractivity contribution in [3.05, 3.63) is 30.1 Å². The predicted molar refractivity (Wildman–Crippen MR) is 64.2 cm³/mol. The van der Waals surface area contributed by atoms with Gasteiger partial charge in [0, 0.05) is 25.4 Å². The van der Waals surface area contributed by atoms with Gasteiger partial charge in [0.25, 0.3) is 0 Å². The molecule has 0 spiro atoms. The first kappa shape index (κ1) is 11.6. The lowest BCUT2D eigenvalue weighted by molar-refractivity contribution is 0.0539. The summed E-state index contributed by atoms with van der Waals surface area (Å²) in [5.41, 5.74) is 1.11. The van der Waals surface area contributed by atoms with Crippen LogP contribution >= 0.6 is 0 Å². The van der Waals surface area contributed by atoms with Gasteiger partial charge in [-0.15, -0.1) is 0 Å². The number of aromatic nitrogens is 1. The highest BCUT2D eigenvalue weighted by atomic mass is 16.5. The molecule has 0 bridgehead atoms. The van der Waals surface area contributed by atoms with Gasteiger partial charge in [0.2, 0.25) is 0 Å². The van der Waals surface area contributed by atoms with Crippen LogP contribution in [0.3, 0.4) is 0 Å². The second kappa shape index (κ2) is 5.97. The fraction of sp³-hybridized carbons (Fsp3) is 0.615. The average Bonchev–Trinajstić information content (AvgIpc) is 2.38. The van der Waals surface area contributed by atoms with E-state index < -0.39 is 0 Å². The van der Waals surface area contributed by atoms with Gasteiger partial charge < -0.3 is 10.1 Å². The minimum atomic E-state index is 0.322. The first-order chi connectivity index (χ1) is 7.86. The van der Waals surface area contributed by atoms with E-state index in [4.69, 9.17) is 4.74 Å². The highest BCUT2D eigenvalue weighted by Crippen LogP contribution is 2.14. The molecule has 1 saturated heterocycles. The summed E-state index contributed by atoms with van der Waals surface area (Å²) in [6, 6.07) is 6.37. The van der Waals surface area contributed by atoms with Crippen LogP contribution in [0.2, 0.25) is 0 Å². The molecule has 0 radical (unpaired) electrons. The molecule has 1 aliphatic heterocycles. The average molecular weight is 220 g/mol. The molecule has 2 rings (SSSR count). The molecule has 0 saturated carbocycles. The third-order valence-electron chi connectivity index (χ3n) is 3.10. The molecule has 0 aromatic carbocycles. The Morgan fingerprint density at radius 2 is 2.50 bits per heavy atom. The van der Waals surface area contributed by atoms with Gasteiger partial charge in [0.1, 0.15) is 0 Å². The molecule has 3 nitrogen and oxygen atoms in total. The van der Waals surface area contributed by atoms with E-state index in [1.807, 2.05) is 18.3 Å². The molecule has 2 heterocycles. The summed E-state index contributed by atoms with van der Waals surface area (Å²) in [4.78, 5) is 4.35. The first-order valence-electron chi connectivity index (χ1n) is 6.08. The van der Waals surface area contributed by atoms with E-state index >= 15 is 0 Å². The lowest BCUT2D eigenvalue weighted by atomic mass is 10.0. The number of nitrogens with zero attached hydrogens (tertiary/aromatic N) is 1. The Labute approximate surface area is 97.2 Å². The van der Waals surface area contributed by atoms with Gasteiger partial charge in [-0.1, -0.05) is 6.07 Å². The molecule has 2 atom stereocenters. The van der Waals surface area contributed by atoms with Crippen LogP contribution in [-0.2, 0) is 4.74 Å². The molecule has 0 amide bonds. The fourth-order valence-electron chi connectivity index (χ4n) is 2.05. The quantitative estimate of drug-likeness (QED) is 0.844. The maximum atomic E-state index is 5.46.